The molecule has 2 nitrogen and oxygen atoms in total. The van der Waals surface area contributed by atoms with Gasteiger partial charge in [0.15, 0.2) is 0 Å². The van der Waals surface area contributed by atoms with Crippen molar-refractivity contribution in [2.24, 2.45) is 5.92 Å². The summed E-state index contributed by atoms with van der Waals surface area (Å²) in [6.45, 7) is 11.0. The Balaban J connectivity index is 2.55. The molecule has 0 spiro atoms. The van der Waals surface area contributed by atoms with E-state index in [4.69, 9.17) is 4.98 Å². The fraction of sp³-hybridized carbons (Fsp3) is 0.800. The minimum absolute atomic E-state index is 0.710. The number of hydrogen-bond donors (Lipinski definition) is 1. The van der Waals surface area contributed by atoms with Crippen molar-refractivity contribution in [1.29, 1.82) is 0 Å². The van der Waals surface area contributed by atoms with Gasteiger partial charge in [0.1, 0.15) is 5.01 Å². The van der Waals surface area contributed by atoms with E-state index in [1.54, 1.807) is 0 Å². The SMILES string of the molecule is CCCSCc1nc(CCC)c(CNCC(C)C)s1. The largest absolute Gasteiger partial charge is 0.312 e. The van der Waals surface area contributed by atoms with E-state index in [1.165, 1.54) is 34.2 Å². The second-order valence-corrected chi connectivity index (χ2v) is 7.58. The smallest absolute Gasteiger partial charge is 0.103 e. The summed E-state index contributed by atoms with van der Waals surface area (Å²) in [5, 5.41) is 4.85. The van der Waals surface area contributed by atoms with Crippen LogP contribution in [-0.2, 0) is 18.7 Å². The summed E-state index contributed by atoms with van der Waals surface area (Å²) in [7, 11) is 0. The van der Waals surface area contributed by atoms with Gasteiger partial charge in [-0.2, -0.15) is 11.8 Å². The lowest BCUT2D eigenvalue weighted by Crippen LogP contribution is -2.19. The van der Waals surface area contributed by atoms with Crippen molar-refractivity contribution in [3.63, 3.8) is 0 Å². The molecule has 19 heavy (non-hydrogen) atoms. The first kappa shape index (κ1) is 17.0. The third-order valence-corrected chi connectivity index (χ3v) is 5.18. The van der Waals surface area contributed by atoms with Gasteiger partial charge in [0.25, 0.3) is 0 Å². The normalized spacial score (nSPS) is 11.4. The number of rotatable bonds is 10. The summed E-state index contributed by atoms with van der Waals surface area (Å²) in [6, 6.07) is 0. The van der Waals surface area contributed by atoms with Crippen molar-refractivity contribution in [2.75, 3.05) is 12.3 Å². The molecule has 1 heterocycles. The zero-order valence-electron chi connectivity index (χ0n) is 12.8. The molecule has 0 aliphatic rings. The third-order valence-electron chi connectivity index (χ3n) is 2.72. The van der Waals surface area contributed by atoms with Crippen LogP contribution in [0.2, 0.25) is 0 Å². The van der Waals surface area contributed by atoms with Crippen LogP contribution >= 0.6 is 23.1 Å². The summed E-state index contributed by atoms with van der Waals surface area (Å²) in [5.74, 6) is 3.03. The molecule has 0 bridgehead atoms. The Hall–Kier alpha value is -0.0600. The predicted octanol–water partition coefficient (Wildman–Crippen LogP) is 4.48. The number of aromatic nitrogens is 1. The maximum Gasteiger partial charge on any atom is 0.103 e. The highest BCUT2D eigenvalue weighted by Crippen LogP contribution is 2.24. The van der Waals surface area contributed by atoms with Gasteiger partial charge in [0, 0.05) is 17.2 Å². The molecule has 1 aromatic heterocycles. The second kappa shape index (κ2) is 9.78. The molecule has 0 saturated carbocycles. The van der Waals surface area contributed by atoms with E-state index in [0.717, 1.165) is 25.3 Å². The zero-order valence-corrected chi connectivity index (χ0v) is 14.4. The van der Waals surface area contributed by atoms with Crippen molar-refractivity contribution in [3.05, 3.63) is 15.6 Å². The van der Waals surface area contributed by atoms with Gasteiger partial charge in [-0.15, -0.1) is 11.3 Å². The zero-order chi connectivity index (χ0) is 14.1. The molecule has 0 aromatic carbocycles. The molecule has 0 aliphatic carbocycles. The molecule has 0 unspecified atom stereocenters. The lowest BCUT2D eigenvalue weighted by atomic mass is 10.2. The van der Waals surface area contributed by atoms with Crippen LogP contribution in [0.25, 0.3) is 0 Å². The standard InChI is InChI=1S/C15H28N2S2/c1-5-7-13-14(10-16-9-12(3)4)19-15(17-13)11-18-8-6-2/h12,16H,5-11H2,1-4H3. The number of thiazole rings is 1. The van der Waals surface area contributed by atoms with Gasteiger partial charge in [-0.3, -0.25) is 0 Å². The summed E-state index contributed by atoms with van der Waals surface area (Å²) in [6.07, 6.45) is 3.55. The Bertz CT molecular complexity index is 348. The lowest BCUT2D eigenvalue weighted by Gasteiger charge is -2.06. The maximum atomic E-state index is 4.83. The van der Waals surface area contributed by atoms with Crippen LogP contribution in [0.15, 0.2) is 0 Å². The fourth-order valence-corrected chi connectivity index (χ4v) is 3.88. The summed E-state index contributed by atoms with van der Waals surface area (Å²) < 4.78 is 0. The number of aryl methyl sites for hydroxylation is 1. The van der Waals surface area contributed by atoms with Gasteiger partial charge in [0.05, 0.1) is 5.69 Å². The average Bonchev–Trinajstić information content (AvgIpc) is 2.72. The summed E-state index contributed by atoms with van der Waals surface area (Å²) in [5.41, 5.74) is 1.33. The van der Waals surface area contributed by atoms with E-state index in [-0.39, 0.29) is 0 Å². The number of nitrogens with zero attached hydrogens (tertiary/aromatic N) is 1. The van der Waals surface area contributed by atoms with Gasteiger partial charge in [-0.1, -0.05) is 34.1 Å². The first-order chi connectivity index (χ1) is 9.17. The molecule has 1 rings (SSSR count). The molecule has 4 heteroatoms. The van der Waals surface area contributed by atoms with Crippen LogP contribution in [-0.4, -0.2) is 17.3 Å². The summed E-state index contributed by atoms with van der Waals surface area (Å²) in [4.78, 5) is 6.28. The first-order valence-electron chi connectivity index (χ1n) is 7.43. The molecule has 110 valence electrons. The monoisotopic (exact) mass is 300 g/mol. The number of hydrogen-bond acceptors (Lipinski definition) is 4. The quantitative estimate of drug-likeness (QED) is 0.645. The number of nitrogens with one attached hydrogen (secondary N) is 1. The third kappa shape index (κ3) is 6.77. The minimum Gasteiger partial charge on any atom is -0.312 e. The van der Waals surface area contributed by atoms with E-state index in [1.807, 2.05) is 23.1 Å². The molecular formula is C15H28N2S2. The number of thioether (sulfide) groups is 1. The summed E-state index contributed by atoms with van der Waals surface area (Å²) >= 11 is 3.91. The van der Waals surface area contributed by atoms with E-state index in [0.29, 0.717) is 5.92 Å². The van der Waals surface area contributed by atoms with E-state index in [9.17, 15) is 0 Å². The molecule has 0 radical (unpaired) electrons. The maximum absolute atomic E-state index is 4.83. The first-order valence-corrected chi connectivity index (χ1v) is 9.40. The average molecular weight is 301 g/mol. The van der Waals surface area contributed by atoms with Crippen molar-refractivity contribution in [1.82, 2.24) is 10.3 Å². The molecular weight excluding hydrogens is 272 g/mol. The minimum atomic E-state index is 0.710. The van der Waals surface area contributed by atoms with Crippen molar-refractivity contribution in [3.8, 4) is 0 Å². The molecule has 0 saturated heterocycles. The predicted molar refractivity (Wildman–Crippen MR) is 89.1 cm³/mol. The van der Waals surface area contributed by atoms with Gasteiger partial charge in [0.2, 0.25) is 0 Å². The molecule has 0 amide bonds. The van der Waals surface area contributed by atoms with Crippen LogP contribution in [0.5, 0.6) is 0 Å². The molecule has 0 aliphatic heterocycles. The van der Waals surface area contributed by atoms with Gasteiger partial charge >= 0.3 is 0 Å². The van der Waals surface area contributed by atoms with Gasteiger partial charge < -0.3 is 5.32 Å². The van der Waals surface area contributed by atoms with Crippen molar-refractivity contribution in [2.45, 2.75) is 59.3 Å². The Morgan fingerprint density at radius 3 is 2.68 bits per heavy atom. The van der Waals surface area contributed by atoms with E-state index < -0.39 is 0 Å². The second-order valence-electron chi connectivity index (χ2n) is 5.30. The Kier molecular flexibility index (Phi) is 8.75. The topological polar surface area (TPSA) is 24.9 Å². The Morgan fingerprint density at radius 2 is 2.05 bits per heavy atom. The van der Waals surface area contributed by atoms with Crippen LogP contribution in [0.4, 0.5) is 0 Å². The van der Waals surface area contributed by atoms with Gasteiger partial charge in [-0.05, 0) is 31.1 Å². The highest BCUT2D eigenvalue weighted by molar-refractivity contribution is 7.98. The molecule has 1 N–H and O–H groups in total. The van der Waals surface area contributed by atoms with Crippen LogP contribution in [0, 0.1) is 5.92 Å². The fourth-order valence-electron chi connectivity index (χ4n) is 1.85. The Morgan fingerprint density at radius 1 is 1.26 bits per heavy atom. The highest BCUT2D eigenvalue weighted by Gasteiger charge is 2.10. The lowest BCUT2D eigenvalue weighted by molar-refractivity contribution is 0.553. The van der Waals surface area contributed by atoms with Crippen molar-refractivity contribution >= 4 is 23.1 Å². The van der Waals surface area contributed by atoms with Crippen LogP contribution < -0.4 is 5.32 Å². The Labute approximate surface area is 126 Å². The molecule has 0 fully saturated rings. The van der Waals surface area contributed by atoms with E-state index >= 15 is 0 Å². The highest BCUT2D eigenvalue weighted by atomic mass is 32.2. The van der Waals surface area contributed by atoms with Crippen LogP contribution in [0.1, 0.15) is 56.1 Å². The van der Waals surface area contributed by atoms with Crippen LogP contribution in [0.3, 0.4) is 0 Å². The molecule has 0 atom stereocenters. The van der Waals surface area contributed by atoms with Gasteiger partial charge in [-0.25, -0.2) is 4.98 Å². The van der Waals surface area contributed by atoms with Crippen molar-refractivity contribution < 1.29 is 0 Å². The van der Waals surface area contributed by atoms with E-state index in [2.05, 4.69) is 33.0 Å². The molecule has 1 aromatic rings.